The second-order valence-electron chi connectivity index (χ2n) is 10.2. The van der Waals surface area contributed by atoms with Crippen LogP contribution in [0.3, 0.4) is 0 Å². The van der Waals surface area contributed by atoms with Crippen molar-refractivity contribution in [1.82, 2.24) is 30.9 Å². The number of H-pyrrole nitrogens is 2. The molecule has 4 atom stereocenters. The van der Waals surface area contributed by atoms with E-state index >= 15 is 0 Å². The van der Waals surface area contributed by atoms with E-state index in [1.165, 1.54) is 24.3 Å². The summed E-state index contributed by atoms with van der Waals surface area (Å²) in [5, 5.41) is 18.6. The molecule has 0 aliphatic rings. The van der Waals surface area contributed by atoms with Gasteiger partial charge in [0.25, 0.3) is 0 Å². The van der Waals surface area contributed by atoms with E-state index in [-0.39, 0.29) is 31.6 Å². The number of amides is 3. The average Bonchev–Trinajstić information content (AvgIpc) is 3.66. The molecule has 0 aliphatic carbocycles. The van der Waals surface area contributed by atoms with Crippen molar-refractivity contribution in [1.29, 1.82) is 0 Å². The third-order valence-corrected chi connectivity index (χ3v) is 7.52. The summed E-state index contributed by atoms with van der Waals surface area (Å²) in [6.07, 6.45) is 7.53. The van der Waals surface area contributed by atoms with Crippen molar-refractivity contribution in [2.24, 2.45) is 22.2 Å². The number of carboxylic acids is 1. The van der Waals surface area contributed by atoms with Gasteiger partial charge in [-0.05, 0) is 42.9 Å². The van der Waals surface area contributed by atoms with Crippen molar-refractivity contribution in [2.75, 3.05) is 18.6 Å². The molecule has 0 radical (unpaired) electrons. The Balaban J connectivity index is 1.78. The number of rotatable bonds is 18. The Hall–Kier alpha value is -4.57. The molecule has 3 rings (SSSR count). The average molecular weight is 629 g/mol. The number of hydrogen-bond donors (Lipinski definition) is 9. The van der Waals surface area contributed by atoms with Crippen LogP contribution in [-0.2, 0) is 32.0 Å². The van der Waals surface area contributed by atoms with Crippen molar-refractivity contribution in [3.05, 3.63) is 54.2 Å². The van der Waals surface area contributed by atoms with E-state index in [0.29, 0.717) is 24.4 Å². The van der Waals surface area contributed by atoms with E-state index in [0.717, 1.165) is 16.5 Å². The zero-order valence-corrected chi connectivity index (χ0v) is 25.2. The summed E-state index contributed by atoms with van der Waals surface area (Å²) >= 11 is 1.47. The predicted octanol–water partition coefficient (Wildman–Crippen LogP) is -0.651. The van der Waals surface area contributed by atoms with Gasteiger partial charge in [-0.2, -0.15) is 11.8 Å². The number of carbonyl (C=O) groups is 4. The molecule has 44 heavy (non-hydrogen) atoms. The molecule has 238 valence electrons. The van der Waals surface area contributed by atoms with Gasteiger partial charge in [-0.3, -0.25) is 19.4 Å². The summed E-state index contributed by atoms with van der Waals surface area (Å²) in [5.74, 6) is -2.61. The highest BCUT2D eigenvalue weighted by Crippen LogP contribution is 2.19. The number of thioether (sulfide) groups is 1. The maximum atomic E-state index is 13.7. The third kappa shape index (κ3) is 10.3. The number of carboxylic acid groups (broad SMARTS) is 1. The van der Waals surface area contributed by atoms with Gasteiger partial charge in [-0.15, -0.1) is 0 Å². The molecule has 0 saturated carbocycles. The molecular formula is C28H40N10O5S. The number of nitrogens with zero attached hydrogens (tertiary/aromatic N) is 2. The molecule has 16 heteroatoms. The minimum atomic E-state index is -1.25. The van der Waals surface area contributed by atoms with Gasteiger partial charge in [-0.1, -0.05) is 18.2 Å². The number of carbonyl (C=O) groups excluding carboxylic acids is 3. The molecule has 2 aromatic heterocycles. The molecule has 0 bridgehead atoms. The van der Waals surface area contributed by atoms with Crippen molar-refractivity contribution in [3.63, 3.8) is 0 Å². The molecule has 0 fully saturated rings. The standard InChI is InChI=1S/C28H40N10O5S/c1-44-10-8-21(25(40)38-23(27(42)43)12-17-14-32-15-35-17)36-26(41)22(11-16-13-34-20-7-3-2-5-18(16)20)37-24(39)19(29)6-4-9-33-28(30)31/h2-3,5,7,13-15,19,21-23,34H,4,6,8-12,29H2,1H3,(H,32,35)(H,36,41)(H,37,39)(H,38,40)(H,42,43)(H4,30,31,33). The van der Waals surface area contributed by atoms with Gasteiger partial charge < -0.3 is 48.2 Å². The highest BCUT2D eigenvalue weighted by atomic mass is 32.2. The lowest BCUT2D eigenvalue weighted by Gasteiger charge is -2.25. The van der Waals surface area contributed by atoms with Gasteiger partial charge in [0.2, 0.25) is 17.7 Å². The van der Waals surface area contributed by atoms with E-state index in [1.807, 2.05) is 30.5 Å². The SMILES string of the molecule is CSCCC(NC(=O)C(Cc1c[nH]c2ccccc12)NC(=O)C(N)CCCN=C(N)N)C(=O)NC(Cc1cnc[nH]1)C(=O)O. The number of nitrogens with two attached hydrogens (primary N) is 3. The second kappa shape index (κ2) is 16.9. The number of benzene rings is 1. The van der Waals surface area contributed by atoms with E-state index in [1.54, 1.807) is 6.20 Å². The first-order valence-corrected chi connectivity index (χ1v) is 15.4. The molecule has 2 heterocycles. The number of para-hydroxylation sites is 1. The number of aliphatic carboxylic acids is 1. The molecule has 0 aliphatic heterocycles. The molecule has 12 N–H and O–H groups in total. The summed E-state index contributed by atoms with van der Waals surface area (Å²) in [6, 6.07) is 3.20. The lowest BCUT2D eigenvalue weighted by atomic mass is 10.0. The predicted molar refractivity (Wildman–Crippen MR) is 169 cm³/mol. The van der Waals surface area contributed by atoms with Crippen LogP contribution >= 0.6 is 11.8 Å². The van der Waals surface area contributed by atoms with Gasteiger partial charge in [0.05, 0.1) is 12.4 Å². The van der Waals surface area contributed by atoms with E-state index in [9.17, 15) is 24.3 Å². The Kier molecular flexibility index (Phi) is 13.0. The van der Waals surface area contributed by atoms with Crippen molar-refractivity contribution in [3.8, 4) is 0 Å². The molecule has 3 aromatic rings. The molecule has 3 amide bonds. The quantitative estimate of drug-likeness (QED) is 0.0488. The Morgan fingerprint density at radius 1 is 0.977 bits per heavy atom. The van der Waals surface area contributed by atoms with Gasteiger partial charge in [0.1, 0.15) is 18.1 Å². The first kappa shape index (κ1) is 33.9. The number of hydrogen-bond acceptors (Lipinski definition) is 8. The number of fused-ring (bicyclic) bond motifs is 1. The summed E-state index contributed by atoms with van der Waals surface area (Å²) in [6.45, 7) is 0.298. The van der Waals surface area contributed by atoms with E-state index in [4.69, 9.17) is 17.2 Å². The minimum Gasteiger partial charge on any atom is -0.480 e. The number of imidazole rings is 1. The van der Waals surface area contributed by atoms with Crippen molar-refractivity contribution in [2.45, 2.75) is 56.3 Å². The van der Waals surface area contributed by atoms with Crippen LogP contribution in [0.5, 0.6) is 0 Å². The first-order chi connectivity index (χ1) is 21.1. The summed E-state index contributed by atoms with van der Waals surface area (Å²) < 4.78 is 0. The summed E-state index contributed by atoms with van der Waals surface area (Å²) in [5.41, 5.74) is 19.0. The van der Waals surface area contributed by atoms with Crippen LogP contribution < -0.4 is 33.2 Å². The van der Waals surface area contributed by atoms with E-state index in [2.05, 4.69) is 35.9 Å². The molecular weight excluding hydrogens is 588 g/mol. The molecule has 4 unspecified atom stereocenters. The minimum absolute atomic E-state index is 0.0232. The van der Waals surface area contributed by atoms with Crippen molar-refractivity contribution >= 4 is 52.3 Å². The van der Waals surface area contributed by atoms with Gasteiger partial charge in [0, 0.05) is 48.4 Å². The maximum absolute atomic E-state index is 13.7. The van der Waals surface area contributed by atoms with E-state index < -0.39 is 47.9 Å². The Labute approximate surface area is 258 Å². The van der Waals surface area contributed by atoms with Gasteiger partial charge in [-0.25, -0.2) is 9.78 Å². The monoisotopic (exact) mass is 628 g/mol. The summed E-state index contributed by atoms with van der Waals surface area (Å²) in [4.78, 5) is 65.7. The Morgan fingerprint density at radius 3 is 2.36 bits per heavy atom. The van der Waals surface area contributed by atoms with Crippen LogP contribution in [0.15, 0.2) is 48.0 Å². The van der Waals surface area contributed by atoms with Crippen LogP contribution in [0.1, 0.15) is 30.5 Å². The smallest absolute Gasteiger partial charge is 0.326 e. The number of aromatic nitrogens is 3. The number of nitrogens with one attached hydrogen (secondary N) is 5. The fourth-order valence-electron chi connectivity index (χ4n) is 4.52. The number of guanidine groups is 1. The highest BCUT2D eigenvalue weighted by Gasteiger charge is 2.31. The van der Waals surface area contributed by atoms with Crippen LogP contribution in [0.25, 0.3) is 10.9 Å². The Bertz CT molecular complexity index is 1420. The fraction of sp³-hybridized carbons (Fsp3) is 0.429. The molecule has 0 saturated heterocycles. The summed E-state index contributed by atoms with van der Waals surface area (Å²) in [7, 11) is 0. The van der Waals surface area contributed by atoms with Crippen LogP contribution in [0.2, 0.25) is 0 Å². The van der Waals surface area contributed by atoms with Gasteiger partial charge in [0.15, 0.2) is 5.96 Å². The highest BCUT2D eigenvalue weighted by molar-refractivity contribution is 7.98. The zero-order chi connectivity index (χ0) is 32.1. The zero-order valence-electron chi connectivity index (χ0n) is 24.4. The van der Waals surface area contributed by atoms with Crippen molar-refractivity contribution < 1.29 is 24.3 Å². The number of aliphatic imine (C=N–C) groups is 1. The maximum Gasteiger partial charge on any atom is 0.326 e. The largest absolute Gasteiger partial charge is 0.480 e. The second-order valence-corrected chi connectivity index (χ2v) is 11.2. The molecule has 15 nitrogen and oxygen atoms in total. The Morgan fingerprint density at radius 2 is 1.68 bits per heavy atom. The molecule has 0 spiro atoms. The normalized spacial score (nSPS) is 13.8. The van der Waals surface area contributed by atoms with Crippen LogP contribution in [0.4, 0.5) is 0 Å². The number of aromatic amines is 2. The van der Waals surface area contributed by atoms with Gasteiger partial charge >= 0.3 is 5.97 Å². The fourth-order valence-corrected chi connectivity index (χ4v) is 5.00. The lowest BCUT2D eigenvalue weighted by Crippen LogP contribution is -2.58. The van der Waals surface area contributed by atoms with Crippen LogP contribution in [-0.4, -0.2) is 92.4 Å². The topological polar surface area (TPSA) is 259 Å². The van der Waals surface area contributed by atoms with Crippen LogP contribution in [0, 0.1) is 0 Å². The third-order valence-electron chi connectivity index (χ3n) is 6.87. The first-order valence-electron chi connectivity index (χ1n) is 14.0. The lowest BCUT2D eigenvalue weighted by molar-refractivity contribution is -0.142. The molecule has 1 aromatic carbocycles.